The summed E-state index contributed by atoms with van der Waals surface area (Å²) < 4.78 is 2.22. The van der Waals surface area contributed by atoms with Gasteiger partial charge in [0.25, 0.3) is 0 Å². The molecule has 3 heteroatoms. The van der Waals surface area contributed by atoms with Crippen molar-refractivity contribution < 1.29 is 0 Å². The Hall–Kier alpha value is -2.13. The van der Waals surface area contributed by atoms with Gasteiger partial charge in [0.2, 0.25) is 0 Å². The highest BCUT2D eigenvalue weighted by molar-refractivity contribution is 5.77. The van der Waals surface area contributed by atoms with E-state index in [-0.39, 0.29) is 6.04 Å². The minimum Gasteiger partial charge on any atom is -0.327 e. The molecule has 2 N–H and O–H groups in total. The van der Waals surface area contributed by atoms with Crippen molar-refractivity contribution >= 4 is 11.0 Å². The van der Waals surface area contributed by atoms with Crippen molar-refractivity contribution in [3.63, 3.8) is 0 Å². The largest absolute Gasteiger partial charge is 0.327 e. The lowest BCUT2D eigenvalue weighted by Gasteiger charge is -2.13. The van der Waals surface area contributed by atoms with Crippen LogP contribution in [0.5, 0.6) is 0 Å². The molecular weight excluding hydrogens is 258 g/mol. The van der Waals surface area contributed by atoms with Crippen molar-refractivity contribution in [2.75, 3.05) is 0 Å². The molecule has 0 fully saturated rings. The van der Waals surface area contributed by atoms with Gasteiger partial charge in [0.1, 0.15) is 5.82 Å². The number of nitrogens with zero attached hydrogens (tertiary/aromatic N) is 2. The summed E-state index contributed by atoms with van der Waals surface area (Å²) in [6, 6.07) is 16.7. The van der Waals surface area contributed by atoms with E-state index in [2.05, 4.69) is 48.7 Å². The van der Waals surface area contributed by atoms with Crippen LogP contribution in [0.15, 0.2) is 48.5 Å². The Labute approximate surface area is 125 Å². The minimum absolute atomic E-state index is 0.0833. The van der Waals surface area contributed by atoms with Gasteiger partial charge in [-0.1, -0.05) is 36.4 Å². The van der Waals surface area contributed by atoms with Crippen molar-refractivity contribution in [3.8, 4) is 0 Å². The van der Waals surface area contributed by atoms with Crippen LogP contribution in [0.25, 0.3) is 11.0 Å². The summed E-state index contributed by atoms with van der Waals surface area (Å²) in [6.07, 6.45) is 0.809. The average Bonchev–Trinajstić information content (AvgIpc) is 2.85. The molecule has 108 valence electrons. The van der Waals surface area contributed by atoms with Crippen LogP contribution >= 0.6 is 0 Å². The van der Waals surface area contributed by atoms with Crippen LogP contribution in [0.1, 0.15) is 29.9 Å². The fraction of sp³-hybridized carbons (Fsp3) is 0.278. The van der Waals surface area contributed by atoms with E-state index in [0.717, 1.165) is 24.3 Å². The number of nitrogens with two attached hydrogens (primary N) is 1. The molecule has 0 radical (unpaired) electrons. The Bertz CT molecular complexity index is 744. The number of benzene rings is 2. The van der Waals surface area contributed by atoms with Gasteiger partial charge in [0, 0.05) is 6.54 Å². The Morgan fingerprint density at radius 1 is 1.14 bits per heavy atom. The molecule has 0 bridgehead atoms. The van der Waals surface area contributed by atoms with Crippen LogP contribution in [0.3, 0.4) is 0 Å². The van der Waals surface area contributed by atoms with Crippen molar-refractivity contribution in [2.45, 2.75) is 32.9 Å². The van der Waals surface area contributed by atoms with Crippen molar-refractivity contribution in [2.24, 2.45) is 5.73 Å². The summed E-state index contributed by atoms with van der Waals surface area (Å²) in [6.45, 7) is 5.12. The predicted molar refractivity (Wildman–Crippen MR) is 87.2 cm³/mol. The second-order valence-electron chi connectivity index (χ2n) is 5.50. The van der Waals surface area contributed by atoms with E-state index in [1.807, 2.05) is 18.2 Å². The Morgan fingerprint density at radius 3 is 2.62 bits per heavy atom. The monoisotopic (exact) mass is 279 g/mol. The van der Waals surface area contributed by atoms with E-state index >= 15 is 0 Å². The standard InChI is InChI=1S/C18H21N3/c1-3-21-17-10-9-13(2)11-16(17)20-18(21)15(19)12-14-7-5-4-6-8-14/h4-11,15H,3,12,19H2,1-2H3. The minimum atomic E-state index is -0.0833. The number of aryl methyl sites for hydroxylation is 2. The van der Waals surface area contributed by atoms with Crippen LogP contribution < -0.4 is 5.73 Å². The SMILES string of the molecule is CCn1c(C(N)Cc2ccccc2)nc2cc(C)ccc21. The molecule has 0 aliphatic rings. The van der Waals surface area contributed by atoms with E-state index in [0.29, 0.717) is 0 Å². The van der Waals surface area contributed by atoms with Gasteiger partial charge < -0.3 is 10.3 Å². The van der Waals surface area contributed by atoms with E-state index in [1.165, 1.54) is 16.6 Å². The molecule has 3 nitrogen and oxygen atoms in total. The molecule has 1 heterocycles. The molecule has 3 rings (SSSR count). The number of hydrogen-bond acceptors (Lipinski definition) is 2. The van der Waals surface area contributed by atoms with Crippen LogP contribution in [0.2, 0.25) is 0 Å². The van der Waals surface area contributed by atoms with Crippen molar-refractivity contribution in [3.05, 3.63) is 65.5 Å². The van der Waals surface area contributed by atoms with E-state index in [4.69, 9.17) is 10.7 Å². The molecule has 1 atom stereocenters. The fourth-order valence-electron chi connectivity index (χ4n) is 2.83. The number of hydrogen-bond donors (Lipinski definition) is 1. The molecule has 3 aromatic rings. The second kappa shape index (κ2) is 5.70. The predicted octanol–water partition coefficient (Wildman–Crippen LogP) is 3.61. The van der Waals surface area contributed by atoms with Gasteiger partial charge >= 0.3 is 0 Å². The average molecular weight is 279 g/mol. The molecule has 1 unspecified atom stereocenters. The van der Waals surface area contributed by atoms with Gasteiger partial charge in [0.05, 0.1) is 17.1 Å². The first-order valence-electron chi connectivity index (χ1n) is 7.45. The number of imidazole rings is 1. The normalized spacial score (nSPS) is 12.7. The van der Waals surface area contributed by atoms with E-state index in [1.54, 1.807) is 0 Å². The molecule has 0 aliphatic carbocycles. The van der Waals surface area contributed by atoms with Gasteiger partial charge in [-0.15, -0.1) is 0 Å². The molecule has 2 aromatic carbocycles. The topological polar surface area (TPSA) is 43.8 Å². The van der Waals surface area contributed by atoms with Crippen LogP contribution in [0, 0.1) is 6.92 Å². The van der Waals surface area contributed by atoms with Gasteiger partial charge in [-0.3, -0.25) is 0 Å². The van der Waals surface area contributed by atoms with Gasteiger partial charge in [-0.05, 0) is 43.5 Å². The zero-order chi connectivity index (χ0) is 14.8. The highest BCUT2D eigenvalue weighted by Crippen LogP contribution is 2.23. The zero-order valence-electron chi connectivity index (χ0n) is 12.6. The van der Waals surface area contributed by atoms with Crippen LogP contribution in [-0.2, 0) is 13.0 Å². The molecule has 0 aliphatic heterocycles. The summed E-state index contributed by atoms with van der Waals surface area (Å²) in [5.74, 6) is 0.974. The van der Waals surface area contributed by atoms with Crippen LogP contribution in [0.4, 0.5) is 0 Å². The second-order valence-corrected chi connectivity index (χ2v) is 5.50. The lowest BCUT2D eigenvalue weighted by atomic mass is 10.1. The molecule has 0 spiro atoms. The molecule has 0 amide bonds. The molecule has 1 aromatic heterocycles. The lowest BCUT2D eigenvalue weighted by Crippen LogP contribution is -2.18. The molecule has 0 saturated heterocycles. The molecular formula is C18H21N3. The third-order valence-electron chi connectivity index (χ3n) is 3.88. The quantitative estimate of drug-likeness (QED) is 0.793. The first-order valence-corrected chi connectivity index (χ1v) is 7.45. The highest BCUT2D eigenvalue weighted by Gasteiger charge is 2.16. The summed E-state index contributed by atoms with van der Waals surface area (Å²) in [7, 11) is 0. The maximum absolute atomic E-state index is 6.42. The van der Waals surface area contributed by atoms with E-state index in [9.17, 15) is 0 Å². The molecule has 21 heavy (non-hydrogen) atoms. The number of aromatic nitrogens is 2. The first kappa shape index (κ1) is 13.8. The maximum atomic E-state index is 6.42. The summed E-state index contributed by atoms with van der Waals surface area (Å²) in [5.41, 5.74) is 11.1. The third-order valence-corrected chi connectivity index (χ3v) is 3.88. The highest BCUT2D eigenvalue weighted by atomic mass is 15.1. The van der Waals surface area contributed by atoms with Gasteiger partial charge in [-0.25, -0.2) is 4.98 Å². The third kappa shape index (κ3) is 2.69. The Balaban J connectivity index is 1.99. The Kier molecular flexibility index (Phi) is 3.76. The zero-order valence-corrected chi connectivity index (χ0v) is 12.6. The summed E-state index contributed by atoms with van der Waals surface area (Å²) in [5, 5.41) is 0. The summed E-state index contributed by atoms with van der Waals surface area (Å²) in [4.78, 5) is 4.78. The first-order chi connectivity index (χ1) is 10.2. The number of rotatable bonds is 4. The fourth-order valence-corrected chi connectivity index (χ4v) is 2.83. The smallest absolute Gasteiger partial charge is 0.127 e. The lowest BCUT2D eigenvalue weighted by molar-refractivity contribution is 0.609. The summed E-state index contributed by atoms with van der Waals surface area (Å²) >= 11 is 0. The van der Waals surface area contributed by atoms with Crippen molar-refractivity contribution in [1.29, 1.82) is 0 Å². The molecule has 0 saturated carbocycles. The Morgan fingerprint density at radius 2 is 1.90 bits per heavy atom. The maximum Gasteiger partial charge on any atom is 0.127 e. The van der Waals surface area contributed by atoms with Gasteiger partial charge in [0.15, 0.2) is 0 Å². The van der Waals surface area contributed by atoms with E-state index < -0.39 is 0 Å². The van der Waals surface area contributed by atoms with Crippen molar-refractivity contribution in [1.82, 2.24) is 9.55 Å². The number of fused-ring (bicyclic) bond motifs is 1. The van der Waals surface area contributed by atoms with Gasteiger partial charge in [-0.2, -0.15) is 0 Å². The van der Waals surface area contributed by atoms with Crippen LogP contribution in [-0.4, -0.2) is 9.55 Å².